The lowest BCUT2D eigenvalue weighted by atomic mass is 9.93. The van der Waals surface area contributed by atoms with Crippen molar-refractivity contribution in [2.45, 2.75) is 6.92 Å². The zero-order valence-corrected chi connectivity index (χ0v) is 30.0. The fourth-order valence-electron chi connectivity index (χ4n) is 7.08. The first kappa shape index (κ1) is 31.1. The summed E-state index contributed by atoms with van der Waals surface area (Å²) in [6.45, 7) is 5.96. The van der Waals surface area contributed by atoms with E-state index < -0.39 is 20.7 Å². The number of nitrogens with zero attached hydrogens (tertiary/aromatic N) is 4. The van der Waals surface area contributed by atoms with Crippen LogP contribution in [-0.4, -0.2) is 23.4 Å². The van der Waals surface area contributed by atoms with Gasteiger partial charge in [-0.1, -0.05) is 161 Å². The summed E-state index contributed by atoms with van der Waals surface area (Å²) in [7, 11) is 0. The van der Waals surface area contributed by atoms with Gasteiger partial charge >= 0.3 is 0 Å². The Bertz CT molecular complexity index is 2680. The van der Waals surface area contributed by atoms with E-state index in [0.717, 1.165) is 31.2 Å². The normalized spacial score (nSPS) is 13.8. The molecule has 0 radical (unpaired) electrons. The summed E-state index contributed by atoms with van der Waals surface area (Å²) in [6.07, 6.45) is 16.4. The van der Waals surface area contributed by atoms with Crippen molar-refractivity contribution in [2.75, 3.05) is 0 Å². The van der Waals surface area contributed by atoms with Crippen LogP contribution in [0.4, 0.5) is 0 Å². The van der Waals surface area contributed by atoms with Gasteiger partial charge in [0.25, 0.3) is 0 Å². The van der Waals surface area contributed by atoms with Crippen molar-refractivity contribution >= 4 is 60.5 Å². The van der Waals surface area contributed by atoms with Gasteiger partial charge in [-0.3, -0.25) is 4.98 Å². The minimum Gasteiger partial charge on any atom is -0.263 e. The van der Waals surface area contributed by atoms with Crippen molar-refractivity contribution in [2.24, 2.45) is 0 Å². The number of pyridine rings is 1. The third-order valence-electron chi connectivity index (χ3n) is 9.34. The molecule has 2 aromatic heterocycles. The maximum atomic E-state index is 5.18. The largest absolute Gasteiger partial charge is 0.263 e. The molecule has 0 N–H and O–H groups in total. The Morgan fingerprint density at radius 1 is 0.627 bits per heavy atom. The van der Waals surface area contributed by atoms with Crippen molar-refractivity contribution in [1.29, 1.82) is 0 Å². The maximum absolute atomic E-state index is 5.18. The molecule has 0 bridgehead atoms. The number of fused-ring (bicyclic) bond motifs is 4. The lowest BCUT2D eigenvalue weighted by molar-refractivity contribution is 1.01. The summed E-state index contributed by atoms with van der Waals surface area (Å²) in [5.74, 6) is 1.96. The summed E-state index contributed by atoms with van der Waals surface area (Å²) in [4.78, 5) is 20.0. The minimum absolute atomic E-state index is 0.620. The second kappa shape index (κ2) is 13.1. The van der Waals surface area contributed by atoms with Crippen LogP contribution in [0.2, 0.25) is 0 Å². The van der Waals surface area contributed by atoms with Gasteiger partial charge in [-0.25, -0.2) is 15.0 Å². The first-order chi connectivity index (χ1) is 25.2. The molecule has 0 amide bonds. The van der Waals surface area contributed by atoms with Gasteiger partial charge in [0.2, 0.25) is 0 Å². The number of benzene rings is 5. The van der Waals surface area contributed by atoms with Crippen LogP contribution in [0.15, 0.2) is 165 Å². The predicted molar refractivity (Wildman–Crippen MR) is 222 cm³/mol. The number of hydrogen-bond donors (Lipinski definition) is 0. The van der Waals surface area contributed by atoms with Crippen molar-refractivity contribution in [3.05, 3.63) is 187 Å². The lowest BCUT2D eigenvalue weighted by Crippen LogP contribution is -2.10. The summed E-state index contributed by atoms with van der Waals surface area (Å²) in [6, 6.07) is 38.7. The number of halogens is 1. The highest BCUT2D eigenvalue weighted by molar-refractivity contribution is 14.2. The molecule has 0 atom stereocenters. The first-order valence-corrected chi connectivity index (χ1v) is 19.1. The molecule has 0 fully saturated rings. The number of aromatic nitrogens is 4. The molecule has 5 aromatic carbocycles. The summed E-state index contributed by atoms with van der Waals surface area (Å²) >= 11 is -0.732. The van der Waals surface area contributed by atoms with Gasteiger partial charge in [-0.2, -0.15) is 0 Å². The van der Waals surface area contributed by atoms with E-state index in [1.54, 1.807) is 6.08 Å². The summed E-state index contributed by atoms with van der Waals surface area (Å²) in [5, 5.41) is 4.87. The highest BCUT2D eigenvalue weighted by Gasteiger charge is 2.24. The van der Waals surface area contributed by atoms with E-state index in [1.807, 2.05) is 55.7 Å². The molecule has 0 spiro atoms. The maximum Gasteiger partial charge on any atom is 0.169 e. The van der Waals surface area contributed by atoms with E-state index >= 15 is 0 Å². The second-order valence-corrected chi connectivity index (χ2v) is 15.3. The lowest BCUT2D eigenvalue weighted by Gasteiger charge is -2.18. The first-order valence-electron chi connectivity index (χ1n) is 16.9. The zero-order valence-electron chi connectivity index (χ0n) is 27.9. The Labute approximate surface area is 306 Å². The van der Waals surface area contributed by atoms with Gasteiger partial charge < -0.3 is 0 Å². The Morgan fingerprint density at radius 3 is 2.16 bits per heavy atom. The molecule has 0 saturated heterocycles. The molecule has 1 aliphatic carbocycles. The molecule has 7 aromatic rings. The summed E-state index contributed by atoms with van der Waals surface area (Å²) < 4.78 is 2.40. The van der Waals surface area contributed by atoms with Crippen molar-refractivity contribution in [3.63, 3.8) is 0 Å². The average molecular weight is 767 g/mol. The van der Waals surface area contributed by atoms with E-state index in [-0.39, 0.29) is 0 Å². The molecule has 9 rings (SSSR count). The molecular formula is C46H31IN4. The SMILES string of the molecule is C=C/C=C(\C=C/C)c1nc(C2=IC(c3cncc4ccccc34)=CC(c3ccc4c5c(cccc35)-c3ccccc3-4)=C2)nc(-c2ccccc2)n1. The van der Waals surface area contributed by atoms with Gasteiger partial charge in [0.1, 0.15) is 0 Å². The van der Waals surface area contributed by atoms with Gasteiger partial charge in [0.15, 0.2) is 17.5 Å². The van der Waals surface area contributed by atoms with Crippen LogP contribution < -0.4 is 0 Å². The Hall–Kier alpha value is -5.92. The quantitative estimate of drug-likeness (QED) is 0.120. The van der Waals surface area contributed by atoms with E-state index in [9.17, 15) is 0 Å². The molecule has 0 saturated carbocycles. The molecule has 0 unspecified atom stereocenters. The average Bonchev–Trinajstić information content (AvgIpc) is 3.52. The molecule has 51 heavy (non-hydrogen) atoms. The van der Waals surface area contributed by atoms with Gasteiger partial charge in [-0.05, 0) is 68.6 Å². The Balaban J connectivity index is 1.30. The third-order valence-corrected chi connectivity index (χ3v) is 12.2. The van der Waals surface area contributed by atoms with Crippen LogP contribution in [-0.2, 0) is 0 Å². The van der Waals surface area contributed by atoms with Crippen molar-refractivity contribution in [1.82, 2.24) is 19.9 Å². The molecule has 5 heteroatoms. The molecule has 1 aliphatic heterocycles. The molecule has 242 valence electrons. The van der Waals surface area contributed by atoms with E-state index in [1.165, 1.54) is 47.6 Å². The third kappa shape index (κ3) is 5.50. The molecular weight excluding hydrogens is 735 g/mol. The van der Waals surface area contributed by atoms with Crippen molar-refractivity contribution < 1.29 is 0 Å². The van der Waals surface area contributed by atoms with E-state index in [4.69, 9.17) is 19.9 Å². The van der Waals surface area contributed by atoms with Crippen LogP contribution in [0.1, 0.15) is 29.7 Å². The highest BCUT2D eigenvalue weighted by Crippen LogP contribution is 2.49. The highest BCUT2D eigenvalue weighted by atomic mass is 127. The molecule has 2 aliphatic rings. The molecule has 4 nitrogen and oxygen atoms in total. The van der Waals surface area contributed by atoms with Crippen LogP contribution in [0.3, 0.4) is 0 Å². The standard InChI is InChI=1S/C46H31IN4/c1-3-13-29(14-4-2)44-49-45(30-15-6-5-7-16-30)51-46(50-44)42-26-32(25-41(47-42)40-28-48-27-31-17-8-9-18-33(31)40)34-23-24-39-36-20-11-10-19-35(36)38-22-12-21-37(34)43(38)39/h3-28H,1H2,2H3/b14-4-,29-13+. The number of rotatable bonds is 7. The van der Waals surface area contributed by atoms with Crippen LogP contribution in [0, 0.1) is 0 Å². The second-order valence-electron chi connectivity index (χ2n) is 12.4. The molecule has 3 heterocycles. The van der Waals surface area contributed by atoms with Gasteiger partial charge in [-0.15, -0.1) is 0 Å². The topological polar surface area (TPSA) is 51.6 Å². The monoisotopic (exact) mass is 766 g/mol. The van der Waals surface area contributed by atoms with E-state index in [0.29, 0.717) is 17.5 Å². The number of allylic oxidation sites excluding steroid dienone is 8. The fraction of sp³-hybridized carbons (Fsp3) is 0.0217. The van der Waals surface area contributed by atoms with Crippen LogP contribution in [0.25, 0.3) is 69.9 Å². The van der Waals surface area contributed by atoms with Crippen LogP contribution in [0.5, 0.6) is 0 Å². The van der Waals surface area contributed by atoms with Crippen LogP contribution >= 0.6 is 20.7 Å². The zero-order chi connectivity index (χ0) is 34.3. The predicted octanol–water partition coefficient (Wildman–Crippen LogP) is 11.7. The Kier molecular flexibility index (Phi) is 7.97. The van der Waals surface area contributed by atoms with Gasteiger partial charge in [0, 0.05) is 38.1 Å². The van der Waals surface area contributed by atoms with Crippen molar-refractivity contribution in [3.8, 4) is 33.6 Å². The van der Waals surface area contributed by atoms with Gasteiger partial charge in [0.05, 0.1) is 3.51 Å². The minimum atomic E-state index is -0.732. The Morgan fingerprint density at radius 2 is 1.33 bits per heavy atom. The number of hydrogen-bond acceptors (Lipinski definition) is 4. The summed E-state index contributed by atoms with van der Waals surface area (Å²) in [5.41, 5.74) is 10.5. The van der Waals surface area contributed by atoms with E-state index in [2.05, 4.69) is 110 Å². The smallest absolute Gasteiger partial charge is 0.169 e. The fourth-order valence-corrected chi connectivity index (χ4v) is 9.89.